The van der Waals surface area contributed by atoms with Gasteiger partial charge in [0.1, 0.15) is 0 Å². The molecule has 0 radical (unpaired) electrons. The number of hydrogen-bond donors (Lipinski definition) is 0. The summed E-state index contributed by atoms with van der Waals surface area (Å²) < 4.78 is 5.61. The summed E-state index contributed by atoms with van der Waals surface area (Å²) in [7, 11) is 0. The van der Waals surface area contributed by atoms with Gasteiger partial charge in [-0.25, -0.2) is 0 Å². The highest BCUT2D eigenvalue weighted by atomic mass is 16.5. The van der Waals surface area contributed by atoms with Crippen molar-refractivity contribution >= 4 is 0 Å². The SMILES string of the molecule is CC.CC.CCN1CCC2(CCCOC2)CC1. The first-order valence-electron chi connectivity index (χ1n) is 7.65. The normalized spacial score (nSPS) is 23.1. The summed E-state index contributed by atoms with van der Waals surface area (Å²) in [6.45, 7) is 16.1. The Labute approximate surface area is 109 Å². The smallest absolute Gasteiger partial charge is 0.0523 e. The summed E-state index contributed by atoms with van der Waals surface area (Å²) in [5.74, 6) is 0. The Balaban J connectivity index is 0.000000581. The largest absolute Gasteiger partial charge is 0.381 e. The van der Waals surface area contributed by atoms with Crippen LogP contribution in [0.1, 0.15) is 60.3 Å². The molecule has 2 heterocycles. The van der Waals surface area contributed by atoms with Gasteiger partial charge in [-0.2, -0.15) is 0 Å². The average molecular weight is 243 g/mol. The lowest BCUT2D eigenvalue weighted by Gasteiger charge is -2.43. The fourth-order valence-electron chi connectivity index (χ4n) is 2.65. The molecule has 0 aliphatic carbocycles. The van der Waals surface area contributed by atoms with Crippen LogP contribution in [0, 0.1) is 5.41 Å². The van der Waals surface area contributed by atoms with E-state index < -0.39 is 0 Å². The van der Waals surface area contributed by atoms with Gasteiger partial charge in [-0.1, -0.05) is 34.6 Å². The van der Waals surface area contributed by atoms with E-state index in [0.29, 0.717) is 5.41 Å². The van der Waals surface area contributed by atoms with Crippen molar-refractivity contribution in [3.8, 4) is 0 Å². The molecule has 0 aromatic rings. The minimum atomic E-state index is 0.573. The molecular formula is C15H33NO. The third-order valence-electron chi connectivity index (χ3n) is 3.77. The zero-order valence-corrected chi connectivity index (χ0v) is 12.7. The number of nitrogens with zero attached hydrogens (tertiary/aromatic N) is 1. The van der Waals surface area contributed by atoms with Crippen molar-refractivity contribution in [2.45, 2.75) is 60.3 Å². The van der Waals surface area contributed by atoms with Crippen molar-refractivity contribution in [1.82, 2.24) is 4.90 Å². The second-order valence-electron chi connectivity index (χ2n) is 4.59. The lowest BCUT2D eigenvalue weighted by Crippen LogP contribution is -2.44. The van der Waals surface area contributed by atoms with Gasteiger partial charge in [-0.3, -0.25) is 0 Å². The predicted octanol–water partition coefficient (Wildman–Crippen LogP) is 3.95. The van der Waals surface area contributed by atoms with E-state index in [4.69, 9.17) is 4.74 Å². The molecule has 0 atom stereocenters. The van der Waals surface area contributed by atoms with Gasteiger partial charge in [0, 0.05) is 6.61 Å². The molecular weight excluding hydrogens is 210 g/mol. The van der Waals surface area contributed by atoms with Crippen LogP contribution in [0.2, 0.25) is 0 Å². The number of hydrogen-bond acceptors (Lipinski definition) is 2. The molecule has 0 N–H and O–H groups in total. The van der Waals surface area contributed by atoms with Crippen LogP contribution in [0.4, 0.5) is 0 Å². The van der Waals surface area contributed by atoms with Crippen LogP contribution >= 0.6 is 0 Å². The highest BCUT2D eigenvalue weighted by molar-refractivity contribution is 4.87. The van der Waals surface area contributed by atoms with Gasteiger partial charge in [-0.05, 0) is 50.7 Å². The van der Waals surface area contributed by atoms with E-state index in [0.717, 1.165) is 13.2 Å². The fourth-order valence-corrected chi connectivity index (χ4v) is 2.65. The molecule has 2 nitrogen and oxygen atoms in total. The van der Waals surface area contributed by atoms with Crippen LogP contribution in [0.5, 0.6) is 0 Å². The monoisotopic (exact) mass is 243 g/mol. The van der Waals surface area contributed by atoms with Gasteiger partial charge in [0.25, 0.3) is 0 Å². The number of rotatable bonds is 1. The van der Waals surface area contributed by atoms with Crippen molar-refractivity contribution in [2.24, 2.45) is 5.41 Å². The van der Waals surface area contributed by atoms with Crippen molar-refractivity contribution in [2.75, 3.05) is 32.8 Å². The van der Waals surface area contributed by atoms with Crippen LogP contribution in [0.25, 0.3) is 0 Å². The van der Waals surface area contributed by atoms with Crippen LogP contribution in [-0.2, 0) is 4.74 Å². The Kier molecular flexibility index (Phi) is 9.85. The van der Waals surface area contributed by atoms with Crippen molar-refractivity contribution in [3.05, 3.63) is 0 Å². The fraction of sp³-hybridized carbons (Fsp3) is 1.00. The molecule has 2 aliphatic heterocycles. The second-order valence-corrected chi connectivity index (χ2v) is 4.59. The first kappa shape index (κ1) is 16.9. The zero-order valence-electron chi connectivity index (χ0n) is 12.7. The third-order valence-corrected chi connectivity index (χ3v) is 3.77. The molecule has 2 saturated heterocycles. The van der Waals surface area contributed by atoms with Gasteiger partial charge in [-0.15, -0.1) is 0 Å². The summed E-state index contributed by atoms with van der Waals surface area (Å²) in [5, 5.41) is 0. The zero-order chi connectivity index (χ0) is 13.1. The van der Waals surface area contributed by atoms with Gasteiger partial charge in [0.05, 0.1) is 6.61 Å². The Hall–Kier alpha value is -0.0800. The van der Waals surface area contributed by atoms with Crippen LogP contribution in [0.3, 0.4) is 0 Å². The topological polar surface area (TPSA) is 12.5 Å². The summed E-state index contributed by atoms with van der Waals surface area (Å²) in [6, 6.07) is 0. The minimum Gasteiger partial charge on any atom is -0.381 e. The lowest BCUT2D eigenvalue weighted by atomic mass is 9.74. The molecule has 0 bridgehead atoms. The Bertz CT molecular complexity index is 154. The van der Waals surface area contributed by atoms with Gasteiger partial charge >= 0.3 is 0 Å². The molecule has 0 unspecified atom stereocenters. The van der Waals surface area contributed by atoms with E-state index in [1.807, 2.05) is 27.7 Å². The average Bonchev–Trinajstić information content (AvgIpc) is 2.45. The van der Waals surface area contributed by atoms with Gasteiger partial charge in [0.2, 0.25) is 0 Å². The second kappa shape index (κ2) is 9.90. The maximum Gasteiger partial charge on any atom is 0.0523 e. The molecule has 0 aromatic carbocycles. The van der Waals surface area contributed by atoms with Crippen LogP contribution in [-0.4, -0.2) is 37.7 Å². The highest BCUT2D eigenvalue weighted by Gasteiger charge is 2.35. The van der Waals surface area contributed by atoms with Crippen LogP contribution in [0.15, 0.2) is 0 Å². The molecule has 104 valence electrons. The molecule has 2 fully saturated rings. The van der Waals surface area contributed by atoms with Crippen molar-refractivity contribution in [1.29, 1.82) is 0 Å². The highest BCUT2D eigenvalue weighted by Crippen LogP contribution is 2.38. The maximum absolute atomic E-state index is 5.61. The van der Waals surface area contributed by atoms with E-state index in [1.165, 1.54) is 45.3 Å². The molecule has 2 heteroatoms. The maximum atomic E-state index is 5.61. The lowest BCUT2D eigenvalue weighted by molar-refractivity contribution is -0.0417. The minimum absolute atomic E-state index is 0.573. The summed E-state index contributed by atoms with van der Waals surface area (Å²) in [6.07, 6.45) is 5.42. The Morgan fingerprint density at radius 2 is 1.59 bits per heavy atom. The quantitative estimate of drug-likeness (QED) is 0.691. The van der Waals surface area contributed by atoms with Gasteiger partial charge in [0.15, 0.2) is 0 Å². The molecule has 0 amide bonds. The first-order valence-corrected chi connectivity index (χ1v) is 7.65. The molecule has 1 spiro atoms. The van der Waals surface area contributed by atoms with E-state index in [2.05, 4.69) is 11.8 Å². The number of likely N-dealkylation sites (tertiary alicyclic amines) is 1. The summed E-state index contributed by atoms with van der Waals surface area (Å²) >= 11 is 0. The van der Waals surface area contributed by atoms with E-state index in [-0.39, 0.29) is 0 Å². The van der Waals surface area contributed by atoms with E-state index >= 15 is 0 Å². The summed E-state index contributed by atoms with van der Waals surface area (Å²) in [4.78, 5) is 2.56. The van der Waals surface area contributed by atoms with E-state index in [9.17, 15) is 0 Å². The predicted molar refractivity (Wildman–Crippen MR) is 76.5 cm³/mol. The summed E-state index contributed by atoms with van der Waals surface area (Å²) in [5.41, 5.74) is 0.573. The molecule has 0 saturated carbocycles. The Morgan fingerprint density at radius 1 is 1.00 bits per heavy atom. The van der Waals surface area contributed by atoms with Crippen molar-refractivity contribution in [3.63, 3.8) is 0 Å². The van der Waals surface area contributed by atoms with Crippen LogP contribution < -0.4 is 0 Å². The molecule has 17 heavy (non-hydrogen) atoms. The number of piperidine rings is 1. The van der Waals surface area contributed by atoms with E-state index in [1.54, 1.807) is 0 Å². The molecule has 2 rings (SSSR count). The molecule has 0 aromatic heterocycles. The standard InChI is InChI=1S/C11H21NO.2C2H6/c1-2-12-7-5-11(6-8-12)4-3-9-13-10-11;2*1-2/h2-10H2,1H3;2*1-2H3. The van der Waals surface area contributed by atoms with Gasteiger partial charge < -0.3 is 9.64 Å². The van der Waals surface area contributed by atoms with Crippen molar-refractivity contribution < 1.29 is 4.74 Å². The Morgan fingerprint density at radius 3 is 2.00 bits per heavy atom. The number of ether oxygens (including phenoxy) is 1. The first-order chi connectivity index (χ1) is 8.35. The third kappa shape index (κ3) is 5.39. The molecule has 2 aliphatic rings.